The molecule has 0 spiro atoms. The van der Waals surface area contributed by atoms with E-state index >= 15 is 0 Å². The molecular formula is C23H27N3O. The minimum Gasteiger partial charge on any atom is -0.497 e. The number of anilines is 1. The summed E-state index contributed by atoms with van der Waals surface area (Å²) in [4.78, 5) is 2.49. The molecule has 0 fully saturated rings. The van der Waals surface area contributed by atoms with Crippen molar-refractivity contribution >= 4 is 5.69 Å². The Morgan fingerprint density at radius 1 is 1.07 bits per heavy atom. The van der Waals surface area contributed by atoms with Gasteiger partial charge in [0.15, 0.2) is 0 Å². The van der Waals surface area contributed by atoms with Crippen molar-refractivity contribution in [3.8, 4) is 17.0 Å². The van der Waals surface area contributed by atoms with Crippen LogP contribution < -0.4 is 9.64 Å². The van der Waals surface area contributed by atoms with Crippen LogP contribution in [0.1, 0.15) is 30.7 Å². The Morgan fingerprint density at radius 2 is 1.81 bits per heavy atom. The summed E-state index contributed by atoms with van der Waals surface area (Å²) >= 11 is 0. The predicted octanol–water partition coefficient (Wildman–Crippen LogP) is 4.70. The van der Waals surface area contributed by atoms with Crippen molar-refractivity contribution in [1.29, 1.82) is 0 Å². The number of rotatable bonds is 4. The number of aromatic nitrogens is 2. The van der Waals surface area contributed by atoms with Gasteiger partial charge < -0.3 is 9.64 Å². The summed E-state index contributed by atoms with van der Waals surface area (Å²) in [6.45, 7) is 8.61. The summed E-state index contributed by atoms with van der Waals surface area (Å²) in [5.74, 6) is 0.898. The highest BCUT2D eigenvalue weighted by atomic mass is 16.5. The van der Waals surface area contributed by atoms with Crippen molar-refractivity contribution in [2.45, 2.75) is 32.7 Å². The Bertz CT molecular complexity index is 970. The maximum absolute atomic E-state index is 5.28. The second-order valence-electron chi connectivity index (χ2n) is 8.11. The monoisotopic (exact) mass is 361 g/mol. The number of methoxy groups -OCH3 is 1. The van der Waals surface area contributed by atoms with E-state index in [1.807, 2.05) is 30.8 Å². The van der Waals surface area contributed by atoms with Crippen LogP contribution in [0, 0.1) is 6.92 Å². The summed E-state index contributed by atoms with van der Waals surface area (Å²) in [6.07, 6.45) is 0. The SMILES string of the molecule is COc1ccc(CN2CC(C)(C)c3ccc(-c4cc(C)nn4C)cc32)cc1. The van der Waals surface area contributed by atoms with Crippen LogP contribution in [0.15, 0.2) is 48.5 Å². The first kappa shape index (κ1) is 17.7. The van der Waals surface area contributed by atoms with Gasteiger partial charge in [-0.3, -0.25) is 4.68 Å². The van der Waals surface area contributed by atoms with E-state index in [-0.39, 0.29) is 5.41 Å². The fourth-order valence-electron chi connectivity index (χ4n) is 4.15. The quantitative estimate of drug-likeness (QED) is 0.675. The lowest BCUT2D eigenvalue weighted by Crippen LogP contribution is -2.28. The van der Waals surface area contributed by atoms with Crippen LogP contribution in [0.3, 0.4) is 0 Å². The van der Waals surface area contributed by atoms with Gasteiger partial charge in [0.05, 0.1) is 18.5 Å². The number of fused-ring (bicyclic) bond motifs is 1. The Labute approximate surface area is 161 Å². The molecule has 0 radical (unpaired) electrons. The van der Waals surface area contributed by atoms with Gasteiger partial charge in [0.1, 0.15) is 5.75 Å². The lowest BCUT2D eigenvalue weighted by molar-refractivity contribution is 0.414. The van der Waals surface area contributed by atoms with E-state index in [1.54, 1.807) is 7.11 Å². The second kappa shape index (κ2) is 6.45. The molecule has 0 aliphatic carbocycles. The van der Waals surface area contributed by atoms with Crippen LogP contribution in [0.25, 0.3) is 11.3 Å². The number of hydrogen-bond donors (Lipinski definition) is 0. The summed E-state index contributed by atoms with van der Waals surface area (Å²) in [7, 11) is 3.71. The van der Waals surface area contributed by atoms with E-state index in [2.05, 4.69) is 60.2 Å². The molecule has 0 amide bonds. The highest BCUT2D eigenvalue weighted by molar-refractivity contribution is 5.72. The number of hydrogen-bond acceptors (Lipinski definition) is 3. The molecule has 27 heavy (non-hydrogen) atoms. The molecule has 140 valence electrons. The molecule has 1 aliphatic rings. The topological polar surface area (TPSA) is 30.3 Å². The van der Waals surface area contributed by atoms with Crippen molar-refractivity contribution in [1.82, 2.24) is 9.78 Å². The van der Waals surface area contributed by atoms with Gasteiger partial charge in [0.2, 0.25) is 0 Å². The van der Waals surface area contributed by atoms with E-state index < -0.39 is 0 Å². The first-order chi connectivity index (χ1) is 12.9. The maximum atomic E-state index is 5.28. The fraction of sp³-hybridized carbons (Fsp3) is 0.348. The van der Waals surface area contributed by atoms with Crippen LogP contribution in [-0.2, 0) is 19.0 Å². The van der Waals surface area contributed by atoms with E-state index in [0.29, 0.717) is 0 Å². The fourth-order valence-corrected chi connectivity index (χ4v) is 4.15. The van der Waals surface area contributed by atoms with Crippen LogP contribution >= 0.6 is 0 Å². The zero-order valence-electron chi connectivity index (χ0n) is 16.8. The molecule has 4 rings (SSSR count). The van der Waals surface area contributed by atoms with Gasteiger partial charge >= 0.3 is 0 Å². The predicted molar refractivity (Wildman–Crippen MR) is 110 cm³/mol. The van der Waals surface area contributed by atoms with Gasteiger partial charge in [0.25, 0.3) is 0 Å². The number of nitrogens with zero attached hydrogens (tertiary/aromatic N) is 3. The first-order valence-corrected chi connectivity index (χ1v) is 9.41. The molecule has 0 N–H and O–H groups in total. The lowest BCUT2D eigenvalue weighted by atomic mass is 9.86. The molecule has 0 unspecified atom stereocenters. The molecule has 4 heteroatoms. The summed E-state index contributed by atoms with van der Waals surface area (Å²) in [5, 5.41) is 4.50. The van der Waals surface area contributed by atoms with Crippen molar-refractivity contribution in [3.63, 3.8) is 0 Å². The van der Waals surface area contributed by atoms with E-state index in [4.69, 9.17) is 4.74 Å². The minimum atomic E-state index is 0.142. The molecule has 0 saturated heterocycles. The average molecular weight is 361 g/mol. The molecule has 1 aliphatic heterocycles. The third-order valence-corrected chi connectivity index (χ3v) is 5.48. The molecule has 0 atom stereocenters. The van der Waals surface area contributed by atoms with Gasteiger partial charge in [-0.05, 0) is 42.3 Å². The minimum absolute atomic E-state index is 0.142. The average Bonchev–Trinajstić information content (AvgIpc) is 3.11. The molecule has 4 nitrogen and oxygen atoms in total. The Hall–Kier alpha value is -2.75. The summed E-state index contributed by atoms with van der Waals surface area (Å²) in [5.41, 5.74) is 7.59. The van der Waals surface area contributed by atoms with Crippen LogP contribution in [0.5, 0.6) is 5.75 Å². The maximum Gasteiger partial charge on any atom is 0.118 e. The molecule has 2 heterocycles. The first-order valence-electron chi connectivity index (χ1n) is 9.41. The molecule has 3 aromatic rings. The molecule has 2 aromatic carbocycles. The molecule has 0 bridgehead atoms. The van der Waals surface area contributed by atoms with Gasteiger partial charge in [0, 0.05) is 36.8 Å². The number of ether oxygens (including phenoxy) is 1. The van der Waals surface area contributed by atoms with Crippen molar-refractivity contribution in [3.05, 3.63) is 65.4 Å². The lowest BCUT2D eigenvalue weighted by Gasteiger charge is -2.22. The van der Waals surface area contributed by atoms with Crippen molar-refractivity contribution in [2.75, 3.05) is 18.6 Å². The van der Waals surface area contributed by atoms with E-state index in [9.17, 15) is 0 Å². The van der Waals surface area contributed by atoms with Gasteiger partial charge in [-0.2, -0.15) is 5.10 Å². The summed E-state index contributed by atoms with van der Waals surface area (Å²) in [6, 6.07) is 17.4. The van der Waals surface area contributed by atoms with Gasteiger partial charge in [-0.1, -0.05) is 38.1 Å². The van der Waals surface area contributed by atoms with E-state index in [0.717, 1.165) is 30.2 Å². The number of aryl methyl sites for hydroxylation is 2. The van der Waals surface area contributed by atoms with Crippen molar-refractivity contribution < 1.29 is 4.74 Å². The normalized spacial score (nSPS) is 15.1. The smallest absolute Gasteiger partial charge is 0.118 e. The van der Waals surface area contributed by atoms with Crippen LogP contribution in [0.4, 0.5) is 5.69 Å². The van der Waals surface area contributed by atoms with Crippen LogP contribution in [-0.4, -0.2) is 23.4 Å². The van der Waals surface area contributed by atoms with Gasteiger partial charge in [-0.15, -0.1) is 0 Å². The molecular weight excluding hydrogens is 334 g/mol. The standard InChI is InChI=1S/C23H27N3O/c1-16-12-21(25(4)24-16)18-8-11-20-22(13-18)26(15-23(20,2)3)14-17-6-9-19(27-5)10-7-17/h6-13H,14-15H2,1-5H3. The Morgan fingerprint density at radius 3 is 2.44 bits per heavy atom. The van der Waals surface area contributed by atoms with Crippen molar-refractivity contribution in [2.24, 2.45) is 7.05 Å². The van der Waals surface area contributed by atoms with Gasteiger partial charge in [-0.25, -0.2) is 0 Å². The molecule has 1 aromatic heterocycles. The second-order valence-corrected chi connectivity index (χ2v) is 8.11. The largest absolute Gasteiger partial charge is 0.497 e. The third-order valence-electron chi connectivity index (χ3n) is 5.48. The Balaban J connectivity index is 1.70. The molecule has 0 saturated carbocycles. The third kappa shape index (κ3) is 3.20. The summed E-state index contributed by atoms with van der Waals surface area (Å²) < 4.78 is 7.25. The number of benzene rings is 2. The zero-order chi connectivity index (χ0) is 19.2. The zero-order valence-corrected chi connectivity index (χ0v) is 16.8. The highest BCUT2D eigenvalue weighted by Gasteiger charge is 2.35. The Kier molecular flexibility index (Phi) is 4.22. The van der Waals surface area contributed by atoms with Crippen LogP contribution in [0.2, 0.25) is 0 Å². The highest BCUT2D eigenvalue weighted by Crippen LogP contribution is 2.43. The van der Waals surface area contributed by atoms with E-state index in [1.165, 1.54) is 22.4 Å².